The molecule has 0 spiro atoms. The van der Waals surface area contributed by atoms with Crippen molar-refractivity contribution in [2.75, 3.05) is 13.2 Å². The number of hydrogen-bond acceptors (Lipinski definition) is 3. The molecule has 1 heterocycles. The Morgan fingerprint density at radius 1 is 1.56 bits per heavy atom. The second-order valence-corrected chi connectivity index (χ2v) is 3.36. The molecular formula is C9H14F3N3O. The molecule has 0 aromatic carbocycles. The number of aromatic nitrogens is 2. The number of aliphatic hydroxyl groups excluding tert-OH is 1. The molecule has 1 unspecified atom stereocenters. The highest BCUT2D eigenvalue weighted by atomic mass is 19.4. The van der Waals surface area contributed by atoms with E-state index >= 15 is 0 Å². The molecule has 1 rings (SSSR count). The van der Waals surface area contributed by atoms with E-state index in [4.69, 9.17) is 5.11 Å². The SMILES string of the molecule is CCNC(CO)Cn1ccc(C(F)(F)F)n1. The van der Waals surface area contributed by atoms with Crippen molar-refractivity contribution in [2.24, 2.45) is 0 Å². The lowest BCUT2D eigenvalue weighted by Gasteiger charge is -2.14. The average Bonchev–Trinajstić information content (AvgIpc) is 2.65. The maximum Gasteiger partial charge on any atom is 0.435 e. The van der Waals surface area contributed by atoms with Crippen molar-refractivity contribution in [1.29, 1.82) is 0 Å². The summed E-state index contributed by atoms with van der Waals surface area (Å²) in [4.78, 5) is 0. The van der Waals surface area contributed by atoms with Gasteiger partial charge in [0, 0.05) is 12.2 Å². The second-order valence-electron chi connectivity index (χ2n) is 3.36. The Labute approximate surface area is 91.1 Å². The smallest absolute Gasteiger partial charge is 0.395 e. The average molecular weight is 237 g/mol. The van der Waals surface area contributed by atoms with E-state index in [1.54, 1.807) is 0 Å². The fourth-order valence-corrected chi connectivity index (χ4v) is 1.32. The molecule has 0 fully saturated rings. The van der Waals surface area contributed by atoms with Crippen LogP contribution in [-0.4, -0.2) is 34.1 Å². The first-order valence-electron chi connectivity index (χ1n) is 4.92. The van der Waals surface area contributed by atoms with Crippen LogP contribution in [0.1, 0.15) is 12.6 Å². The van der Waals surface area contributed by atoms with Crippen LogP contribution in [0.4, 0.5) is 13.2 Å². The van der Waals surface area contributed by atoms with Crippen LogP contribution in [0.15, 0.2) is 12.3 Å². The fraction of sp³-hybridized carbons (Fsp3) is 0.667. The highest BCUT2D eigenvalue weighted by molar-refractivity contribution is 5.03. The number of hydrogen-bond donors (Lipinski definition) is 2. The molecular weight excluding hydrogens is 223 g/mol. The molecule has 4 nitrogen and oxygen atoms in total. The molecule has 0 radical (unpaired) electrons. The van der Waals surface area contributed by atoms with E-state index in [0.717, 1.165) is 6.07 Å². The first-order chi connectivity index (χ1) is 7.47. The molecule has 1 atom stereocenters. The Morgan fingerprint density at radius 3 is 2.69 bits per heavy atom. The second kappa shape index (κ2) is 5.31. The highest BCUT2D eigenvalue weighted by Crippen LogP contribution is 2.27. The molecule has 7 heteroatoms. The molecule has 1 aromatic rings. The van der Waals surface area contributed by atoms with Gasteiger partial charge in [-0.3, -0.25) is 4.68 Å². The molecule has 0 amide bonds. The van der Waals surface area contributed by atoms with Gasteiger partial charge in [-0.1, -0.05) is 6.92 Å². The Morgan fingerprint density at radius 2 is 2.25 bits per heavy atom. The summed E-state index contributed by atoms with van der Waals surface area (Å²) in [6.45, 7) is 2.56. The summed E-state index contributed by atoms with van der Waals surface area (Å²) >= 11 is 0. The van der Waals surface area contributed by atoms with E-state index in [1.165, 1.54) is 10.9 Å². The van der Waals surface area contributed by atoms with Gasteiger partial charge in [-0.2, -0.15) is 18.3 Å². The van der Waals surface area contributed by atoms with Gasteiger partial charge >= 0.3 is 6.18 Å². The minimum absolute atomic E-state index is 0.144. The summed E-state index contributed by atoms with van der Waals surface area (Å²) in [6, 6.07) is 0.631. The number of nitrogens with zero attached hydrogens (tertiary/aromatic N) is 2. The normalized spacial score (nSPS) is 14.1. The summed E-state index contributed by atoms with van der Waals surface area (Å²) in [6.07, 6.45) is -3.17. The lowest BCUT2D eigenvalue weighted by atomic mass is 10.3. The van der Waals surface area contributed by atoms with Crippen molar-refractivity contribution in [2.45, 2.75) is 25.7 Å². The summed E-state index contributed by atoms with van der Waals surface area (Å²) < 4.78 is 37.9. The third-order valence-electron chi connectivity index (χ3n) is 2.05. The summed E-state index contributed by atoms with van der Waals surface area (Å²) in [7, 11) is 0. The number of likely N-dealkylation sites (N-methyl/N-ethyl adjacent to an activating group) is 1. The van der Waals surface area contributed by atoms with E-state index in [9.17, 15) is 13.2 Å². The highest BCUT2D eigenvalue weighted by Gasteiger charge is 2.33. The van der Waals surface area contributed by atoms with Gasteiger partial charge in [-0.25, -0.2) is 0 Å². The zero-order chi connectivity index (χ0) is 12.2. The van der Waals surface area contributed by atoms with Crippen LogP contribution in [-0.2, 0) is 12.7 Å². The number of nitrogens with one attached hydrogen (secondary N) is 1. The summed E-state index contributed by atoms with van der Waals surface area (Å²) in [5, 5.41) is 15.3. The van der Waals surface area contributed by atoms with Gasteiger partial charge in [0.05, 0.1) is 13.2 Å². The molecule has 0 bridgehead atoms. The summed E-state index contributed by atoms with van der Waals surface area (Å²) in [5.74, 6) is 0. The van der Waals surface area contributed by atoms with Gasteiger partial charge in [-0.05, 0) is 12.6 Å². The number of aliphatic hydroxyl groups is 1. The standard InChI is InChI=1S/C9H14F3N3O/c1-2-13-7(6-16)5-15-4-3-8(14-15)9(10,11)12/h3-4,7,13,16H,2,5-6H2,1H3. The zero-order valence-corrected chi connectivity index (χ0v) is 8.83. The quantitative estimate of drug-likeness (QED) is 0.799. The Bertz CT molecular complexity index is 324. The molecule has 1 aromatic heterocycles. The van der Waals surface area contributed by atoms with Crippen LogP contribution < -0.4 is 5.32 Å². The predicted octanol–water partition coefficient (Wildman–Crippen LogP) is 0.872. The predicted molar refractivity (Wildman–Crippen MR) is 51.8 cm³/mol. The van der Waals surface area contributed by atoms with Crippen molar-refractivity contribution in [1.82, 2.24) is 15.1 Å². The van der Waals surface area contributed by atoms with Crippen molar-refractivity contribution < 1.29 is 18.3 Å². The fourth-order valence-electron chi connectivity index (χ4n) is 1.32. The first-order valence-corrected chi connectivity index (χ1v) is 4.92. The van der Waals surface area contributed by atoms with E-state index in [2.05, 4.69) is 10.4 Å². The van der Waals surface area contributed by atoms with Crippen LogP contribution in [0.3, 0.4) is 0 Å². The van der Waals surface area contributed by atoms with Crippen LogP contribution in [0, 0.1) is 0 Å². The van der Waals surface area contributed by atoms with Crippen LogP contribution >= 0.6 is 0 Å². The van der Waals surface area contributed by atoms with Crippen LogP contribution in [0.5, 0.6) is 0 Å². The maximum absolute atomic E-state index is 12.2. The Hall–Kier alpha value is -1.08. The third kappa shape index (κ3) is 3.49. The lowest BCUT2D eigenvalue weighted by molar-refractivity contribution is -0.141. The van der Waals surface area contributed by atoms with E-state index in [0.29, 0.717) is 6.54 Å². The molecule has 0 saturated heterocycles. The van der Waals surface area contributed by atoms with Gasteiger partial charge in [0.15, 0.2) is 5.69 Å². The summed E-state index contributed by atoms with van der Waals surface area (Å²) in [5.41, 5.74) is -0.916. The van der Waals surface area contributed by atoms with Crippen LogP contribution in [0.25, 0.3) is 0 Å². The van der Waals surface area contributed by atoms with Gasteiger partial charge < -0.3 is 10.4 Å². The topological polar surface area (TPSA) is 50.1 Å². The van der Waals surface area contributed by atoms with Crippen molar-refractivity contribution in [3.05, 3.63) is 18.0 Å². The molecule has 0 saturated carbocycles. The number of alkyl halides is 3. The molecule has 0 aliphatic heterocycles. The lowest BCUT2D eigenvalue weighted by Crippen LogP contribution is -2.36. The minimum Gasteiger partial charge on any atom is -0.395 e. The zero-order valence-electron chi connectivity index (χ0n) is 8.83. The largest absolute Gasteiger partial charge is 0.435 e. The van der Waals surface area contributed by atoms with E-state index in [-0.39, 0.29) is 19.2 Å². The molecule has 16 heavy (non-hydrogen) atoms. The number of rotatable bonds is 5. The van der Waals surface area contributed by atoms with Crippen molar-refractivity contribution in [3.63, 3.8) is 0 Å². The Kier molecular flexibility index (Phi) is 4.31. The monoisotopic (exact) mass is 237 g/mol. The van der Waals surface area contributed by atoms with Crippen LogP contribution in [0.2, 0.25) is 0 Å². The number of halogens is 3. The molecule has 0 aliphatic carbocycles. The van der Waals surface area contributed by atoms with Gasteiger partial charge in [0.2, 0.25) is 0 Å². The van der Waals surface area contributed by atoms with Gasteiger partial charge in [0.25, 0.3) is 0 Å². The first kappa shape index (κ1) is 13.0. The van der Waals surface area contributed by atoms with Crippen molar-refractivity contribution >= 4 is 0 Å². The Balaban J connectivity index is 2.64. The molecule has 92 valence electrons. The van der Waals surface area contributed by atoms with E-state index in [1.807, 2.05) is 6.92 Å². The van der Waals surface area contributed by atoms with E-state index < -0.39 is 11.9 Å². The minimum atomic E-state index is -4.42. The van der Waals surface area contributed by atoms with Gasteiger partial charge in [-0.15, -0.1) is 0 Å². The van der Waals surface area contributed by atoms with Crippen molar-refractivity contribution in [3.8, 4) is 0 Å². The third-order valence-corrected chi connectivity index (χ3v) is 2.05. The maximum atomic E-state index is 12.2. The molecule has 0 aliphatic rings. The molecule has 2 N–H and O–H groups in total. The van der Waals surface area contributed by atoms with Gasteiger partial charge in [0.1, 0.15) is 0 Å².